The summed E-state index contributed by atoms with van der Waals surface area (Å²) in [6.45, 7) is 4.97. The van der Waals surface area contributed by atoms with E-state index >= 15 is 0 Å². The standard InChI is InChI=1S/C58H115NO5/c1-3-5-7-9-11-13-15-17-19-23-26-30-34-38-42-46-50-56(61)55(54-60)59-57(62)51-47-43-39-35-31-27-24-20-21-25-29-33-37-41-45-49-53-64-58(63)52-48-44-40-36-32-28-22-18-16-14-12-10-8-6-4-2/h55-56,60-61H,3-54H2,1-2H3,(H,59,62). The molecular weight excluding hydrogens is 791 g/mol. The predicted molar refractivity (Wildman–Crippen MR) is 278 cm³/mol. The zero-order valence-corrected chi connectivity index (χ0v) is 43.5. The SMILES string of the molecule is CCCCCCCCCCCCCCCCCCC(O)C(CO)NC(=O)CCCCCCCCCCCCCCCCCCOC(=O)CCCCCCCCCCCCCCCCC. The van der Waals surface area contributed by atoms with Crippen LogP contribution in [-0.2, 0) is 14.3 Å². The molecule has 0 aliphatic heterocycles. The van der Waals surface area contributed by atoms with Gasteiger partial charge in [0.05, 0.1) is 25.4 Å². The Morgan fingerprint density at radius 3 is 0.953 bits per heavy atom. The van der Waals surface area contributed by atoms with Gasteiger partial charge < -0.3 is 20.3 Å². The van der Waals surface area contributed by atoms with Crippen LogP contribution in [0.3, 0.4) is 0 Å². The molecule has 0 aliphatic rings. The number of hydrogen-bond acceptors (Lipinski definition) is 5. The highest BCUT2D eigenvalue weighted by atomic mass is 16.5. The van der Waals surface area contributed by atoms with Gasteiger partial charge in [-0.05, 0) is 25.7 Å². The van der Waals surface area contributed by atoms with Gasteiger partial charge in [0.25, 0.3) is 0 Å². The molecule has 1 amide bonds. The molecule has 0 saturated carbocycles. The number of rotatable bonds is 55. The third kappa shape index (κ3) is 50.3. The van der Waals surface area contributed by atoms with Gasteiger partial charge in [-0.15, -0.1) is 0 Å². The largest absolute Gasteiger partial charge is 0.466 e. The molecule has 2 unspecified atom stereocenters. The molecular formula is C58H115NO5. The van der Waals surface area contributed by atoms with Crippen LogP contribution in [0.25, 0.3) is 0 Å². The molecule has 0 rings (SSSR count). The van der Waals surface area contributed by atoms with E-state index in [1.165, 1.54) is 263 Å². The van der Waals surface area contributed by atoms with Crippen LogP contribution >= 0.6 is 0 Å². The quantitative estimate of drug-likeness (QED) is 0.0417. The van der Waals surface area contributed by atoms with E-state index in [4.69, 9.17) is 4.74 Å². The van der Waals surface area contributed by atoms with Crippen molar-refractivity contribution in [3.8, 4) is 0 Å². The van der Waals surface area contributed by atoms with E-state index in [-0.39, 0.29) is 18.5 Å². The smallest absolute Gasteiger partial charge is 0.305 e. The number of unbranched alkanes of at least 4 members (excludes halogenated alkanes) is 44. The second-order valence-electron chi connectivity index (χ2n) is 20.3. The Labute approximate surface area is 400 Å². The Kier molecular flexibility index (Phi) is 53.5. The van der Waals surface area contributed by atoms with Crippen molar-refractivity contribution in [3.05, 3.63) is 0 Å². The predicted octanol–water partition coefficient (Wildman–Crippen LogP) is 17.9. The third-order valence-corrected chi connectivity index (χ3v) is 13.9. The Bertz CT molecular complexity index is 913. The second kappa shape index (κ2) is 54.5. The van der Waals surface area contributed by atoms with Crippen molar-refractivity contribution in [1.29, 1.82) is 0 Å². The first-order chi connectivity index (χ1) is 31.5. The maximum atomic E-state index is 12.5. The van der Waals surface area contributed by atoms with Gasteiger partial charge in [-0.3, -0.25) is 9.59 Å². The summed E-state index contributed by atoms with van der Waals surface area (Å²) < 4.78 is 5.48. The van der Waals surface area contributed by atoms with E-state index in [1.54, 1.807) is 0 Å². The number of esters is 1. The van der Waals surface area contributed by atoms with Crippen molar-refractivity contribution < 1.29 is 24.5 Å². The fourth-order valence-electron chi connectivity index (χ4n) is 9.41. The van der Waals surface area contributed by atoms with Crippen LogP contribution in [0.2, 0.25) is 0 Å². The molecule has 0 heterocycles. The van der Waals surface area contributed by atoms with Crippen LogP contribution in [0.1, 0.15) is 335 Å². The number of amides is 1. The molecule has 3 N–H and O–H groups in total. The lowest BCUT2D eigenvalue weighted by atomic mass is 10.0. The van der Waals surface area contributed by atoms with E-state index in [2.05, 4.69) is 19.2 Å². The molecule has 0 saturated heterocycles. The summed E-state index contributed by atoms with van der Waals surface area (Å²) in [5, 5.41) is 23.3. The summed E-state index contributed by atoms with van der Waals surface area (Å²) in [6.07, 6.45) is 62.3. The number of ether oxygens (including phenoxy) is 1. The van der Waals surface area contributed by atoms with Gasteiger partial charge >= 0.3 is 5.97 Å². The fraction of sp³-hybridized carbons (Fsp3) is 0.966. The van der Waals surface area contributed by atoms with Gasteiger partial charge in [0, 0.05) is 12.8 Å². The average Bonchev–Trinajstić information content (AvgIpc) is 3.29. The van der Waals surface area contributed by atoms with Crippen molar-refractivity contribution >= 4 is 11.9 Å². The van der Waals surface area contributed by atoms with Gasteiger partial charge in [-0.2, -0.15) is 0 Å². The van der Waals surface area contributed by atoms with Crippen molar-refractivity contribution in [1.82, 2.24) is 5.32 Å². The highest BCUT2D eigenvalue weighted by Crippen LogP contribution is 2.18. The minimum absolute atomic E-state index is 0.00712. The van der Waals surface area contributed by atoms with Crippen LogP contribution in [0.5, 0.6) is 0 Å². The zero-order chi connectivity index (χ0) is 46.5. The summed E-state index contributed by atoms with van der Waals surface area (Å²) in [6, 6.07) is -0.545. The zero-order valence-electron chi connectivity index (χ0n) is 43.5. The van der Waals surface area contributed by atoms with E-state index in [1.807, 2.05) is 0 Å². The van der Waals surface area contributed by atoms with Gasteiger partial charge in [-0.25, -0.2) is 0 Å². The van der Waals surface area contributed by atoms with Crippen LogP contribution < -0.4 is 5.32 Å². The number of hydrogen-bond donors (Lipinski definition) is 3. The molecule has 6 heteroatoms. The van der Waals surface area contributed by atoms with Gasteiger partial charge in [-0.1, -0.05) is 296 Å². The maximum absolute atomic E-state index is 12.5. The Balaban J connectivity index is 3.40. The molecule has 64 heavy (non-hydrogen) atoms. The first-order valence-corrected chi connectivity index (χ1v) is 29.3. The summed E-state index contributed by atoms with van der Waals surface area (Å²) in [5.41, 5.74) is 0. The Morgan fingerprint density at radius 2 is 0.641 bits per heavy atom. The van der Waals surface area contributed by atoms with Crippen molar-refractivity contribution in [2.45, 2.75) is 347 Å². The normalized spacial score (nSPS) is 12.5. The summed E-state index contributed by atoms with van der Waals surface area (Å²) in [4.78, 5) is 24.5. The molecule has 6 nitrogen and oxygen atoms in total. The average molecular weight is 907 g/mol. The first-order valence-electron chi connectivity index (χ1n) is 29.3. The first kappa shape index (κ1) is 62.9. The molecule has 0 aliphatic carbocycles. The number of nitrogens with one attached hydrogen (secondary N) is 1. The minimum atomic E-state index is -0.667. The molecule has 0 spiro atoms. The second-order valence-corrected chi connectivity index (χ2v) is 20.3. The van der Waals surface area contributed by atoms with Crippen molar-refractivity contribution in [2.75, 3.05) is 13.2 Å². The molecule has 0 aromatic carbocycles. The molecule has 382 valence electrons. The van der Waals surface area contributed by atoms with Gasteiger partial charge in [0.1, 0.15) is 0 Å². The van der Waals surface area contributed by atoms with Crippen LogP contribution in [0, 0.1) is 0 Å². The molecule has 0 aromatic heterocycles. The highest BCUT2D eigenvalue weighted by molar-refractivity contribution is 5.76. The lowest BCUT2D eigenvalue weighted by Gasteiger charge is -2.22. The fourth-order valence-corrected chi connectivity index (χ4v) is 9.41. The molecule has 0 radical (unpaired) electrons. The van der Waals surface area contributed by atoms with Gasteiger partial charge in [0.2, 0.25) is 5.91 Å². The van der Waals surface area contributed by atoms with Crippen molar-refractivity contribution in [3.63, 3.8) is 0 Å². The number of aliphatic hydroxyl groups excluding tert-OH is 2. The third-order valence-electron chi connectivity index (χ3n) is 13.9. The summed E-state index contributed by atoms with van der Waals surface area (Å²) in [5.74, 6) is -0.0314. The highest BCUT2D eigenvalue weighted by Gasteiger charge is 2.20. The molecule has 0 aromatic rings. The lowest BCUT2D eigenvalue weighted by Crippen LogP contribution is -2.45. The number of carbonyl (C=O) groups is 2. The molecule has 0 fully saturated rings. The molecule has 0 bridgehead atoms. The van der Waals surface area contributed by atoms with Crippen LogP contribution in [0.15, 0.2) is 0 Å². The monoisotopic (exact) mass is 906 g/mol. The molecule has 2 atom stereocenters. The summed E-state index contributed by atoms with van der Waals surface area (Å²) in [7, 11) is 0. The topological polar surface area (TPSA) is 95.9 Å². The number of carbonyl (C=O) groups excluding carboxylic acids is 2. The van der Waals surface area contributed by atoms with Gasteiger partial charge in [0.15, 0.2) is 0 Å². The lowest BCUT2D eigenvalue weighted by molar-refractivity contribution is -0.143. The van der Waals surface area contributed by atoms with Crippen LogP contribution in [-0.4, -0.2) is 47.4 Å². The maximum Gasteiger partial charge on any atom is 0.305 e. The Hall–Kier alpha value is -1.14. The minimum Gasteiger partial charge on any atom is -0.466 e. The van der Waals surface area contributed by atoms with E-state index in [0.29, 0.717) is 25.9 Å². The summed E-state index contributed by atoms with van der Waals surface area (Å²) >= 11 is 0. The van der Waals surface area contributed by atoms with E-state index in [9.17, 15) is 19.8 Å². The van der Waals surface area contributed by atoms with E-state index in [0.717, 1.165) is 38.5 Å². The van der Waals surface area contributed by atoms with Crippen molar-refractivity contribution in [2.24, 2.45) is 0 Å². The van der Waals surface area contributed by atoms with Crippen LogP contribution in [0.4, 0.5) is 0 Å². The Morgan fingerprint density at radius 1 is 0.375 bits per heavy atom. The number of aliphatic hydroxyl groups is 2. The van der Waals surface area contributed by atoms with E-state index < -0.39 is 12.1 Å².